The zero-order chi connectivity index (χ0) is 9.68. The SMILES string of the molecule is N#CC#Cc1cncc(C(=O)O)c1. The molecule has 0 radical (unpaired) electrons. The van der Waals surface area contributed by atoms with E-state index in [1.54, 1.807) is 6.07 Å². The average molecular weight is 172 g/mol. The molecule has 1 rings (SSSR count). The molecule has 4 heteroatoms. The summed E-state index contributed by atoms with van der Waals surface area (Å²) in [5, 5.41) is 16.7. The smallest absolute Gasteiger partial charge is 0.337 e. The molecule has 0 amide bonds. The van der Waals surface area contributed by atoms with Gasteiger partial charge in [0.25, 0.3) is 0 Å². The number of carboxylic acid groups (broad SMARTS) is 1. The van der Waals surface area contributed by atoms with E-state index in [9.17, 15) is 4.79 Å². The van der Waals surface area contributed by atoms with Crippen LogP contribution >= 0.6 is 0 Å². The molecule has 1 aromatic rings. The van der Waals surface area contributed by atoms with Crippen LogP contribution in [0.4, 0.5) is 0 Å². The fourth-order valence-electron chi connectivity index (χ4n) is 0.725. The first-order valence-corrected chi connectivity index (χ1v) is 3.32. The van der Waals surface area contributed by atoms with Gasteiger partial charge in [-0.1, -0.05) is 0 Å². The highest BCUT2D eigenvalue weighted by Gasteiger charge is 2.01. The van der Waals surface area contributed by atoms with Gasteiger partial charge >= 0.3 is 5.97 Å². The van der Waals surface area contributed by atoms with E-state index in [1.165, 1.54) is 18.5 Å². The standard InChI is InChI=1S/C9H4N2O2/c10-3-1-2-7-4-8(9(12)13)6-11-5-7/h4-6H,(H,12,13). The van der Waals surface area contributed by atoms with Gasteiger partial charge in [0.1, 0.15) is 0 Å². The lowest BCUT2D eigenvalue weighted by Gasteiger charge is -1.92. The van der Waals surface area contributed by atoms with E-state index in [4.69, 9.17) is 10.4 Å². The fourth-order valence-corrected chi connectivity index (χ4v) is 0.725. The van der Waals surface area contributed by atoms with Gasteiger partial charge in [-0.3, -0.25) is 4.98 Å². The molecule has 0 bridgehead atoms. The van der Waals surface area contributed by atoms with E-state index in [0.29, 0.717) is 5.56 Å². The third-order valence-electron chi connectivity index (χ3n) is 1.25. The van der Waals surface area contributed by atoms with Crippen molar-refractivity contribution in [1.29, 1.82) is 5.26 Å². The molecule has 0 saturated carbocycles. The number of nitriles is 1. The lowest BCUT2D eigenvalue weighted by Crippen LogP contribution is -1.97. The third kappa shape index (κ3) is 2.32. The van der Waals surface area contributed by atoms with Crippen LogP contribution in [0.3, 0.4) is 0 Å². The van der Waals surface area contributed by atoms with E-state index in [-0.39, 0.29) is 5.56 Å². The van der Waals surface area contributed by atoms with E-state index in [1.807, 2.05) is 0 Å². The van der Waals surface area contributed by atoms with Gasteiger partial charge in [-0.25, -0.2) is 4.79 Å². The predicted octanol–water partition coefficient (Wildman–Crippen LogP) is 0.655. The van der Waals surface area contributed by atoms with E-state index in [0.717, 1.165) is 0 Å². The zero-order valence-corrected chi connectivity index (χ0v) is 6.48. The molecule has 0 aliphatic carbocycles. The first kappa shape index (κ1) is 8.76. The zero-order valence-electron chi connectivity index (χ0n) is 6.48. The summed E-state index contributed by atoms with van der Waals surface area (Å²) >= 11 is 0. The molecule has 0 fully saturated rings. The Morgan fingerprint density at radius 2 is 2.31 bits per heavy atom. The molecule has 0 aliphatic rings. The Morgan fingerprint density at radius 1 is 1.54 bits per heavy atom. The highest BCUT2D eigenvalue weighted by Crippen LogP contribution is 2.00. The molecule has 0 aromatic carbocycles. The number of hydrogen-bond acceptors (Lipinski definition) is 3. The summed E-state index contributed by atoms with van der Waals surface area (Å²) in [5.74, 6) is 3.54. The molecule has 0 spiro atoms. The number of hydrogen-bond donors (Lipinski definition) is 1. The maximum Gasteiger partial charge on any atom is 0.337 e. The summed E-state index contributed by atoms with van der Waals surface area (Å²) in [4.78, 5) is 14.1. The number of pyridine rings is 1. The topological polar surface area (TPSA) is 74.0 Å². The lowest BCUT2D eigenvalue weighted by atomic mass is 10.2. The van der Waals surface area contributed by atoms with Gasteiger partial charge < -0.3 is 5.11 Å². The number of carboxylic acids is 1. The molecule has 0 unspecified atom stereocenters. The van der Waals surface area contributed by atoms with Crippen LogP contribution in [-0.4, -0.2) is 16.1 Å². The summed E-state index contributed by atoms with van der Waals surface area (Å²) in [6, 6.07) is 2.99. The Bertz CT molecular complexity index is 435. The van der Waals surface area contributed by atoms with Crippen molar-refractivity contribution >= 4 is 5.97 Å². The molecule has 1 heterocycles. The van der Waals surface area contributed by atoms with E-state index in [2.05, 4.69) is 16.8 Å². The molecule has 1 N–H and O–H groups in total. The van der Waals surface area contributed by atoms with Gasteiger partial charge in [0.05, 0.1) is 5.56 Å². The maximum atomic E-state index is 10.5. The van der Waals surface area contributed by atoms with Crippen molar-refractivity contribution in [1.82, 2.24) is 4.98 Å². The minimum Gasteiger partial charge on any atom is -0.478 e. The Kier molecular flexibility index (Phi) is 2.62. The first-order valence-electron chi connectivity index (χ1n) is 3.32. The Labute approximate surface area is 74.5 Å². The summed E-state index contributed by atoms with van der Waals surface area (Å²) < 4.78 is 0. The van der Waals surface area contributed by atoms with Gasteiger partial charge in [-0.15, -0.1) is 0 Å². The highest BCUT2D eigenvalue weighted by molar-refractivity contribution is 5.87. The predicted molar refractivity (Wildman–Crippen MR) is 43.7 cm³/mol. The van der Waals surface area contributed by atoms with Crippen molar-refractivity contribution in [3.05, 3.63) is 29.6 Å². The van der Waals surface area contributed by atoms with Crippen molar-refractivity contribution in [3.63, 3.8) is 0 Å². The number of nitrogens with zero attached hydrogens (tertiary/aromatic N) is 2. The second kappa shape index (κ2) is 3.89. The van der Waals surface area contributed by atoms with Crippen LogP contribution in [0.25, 0.3) is 0 Å². The normalized spacial score (nSPS) is 7.92. The quantitative estimate of drug-likeness (QED) is 0.631. The summed E-state index contributed by atoms with van der Waals surface area (Å²) in [6.07, 6.45) is 2.62. The number of rotatable bonds is 1. The van der Waals surface area contributed by atoms with Gasteiger partial charge in [-0.2, -0.15) is 5.26 Å². The van der Waals surface area contributed by atoms with Crippen molar-refractivity contribution in [3.8, 4) is 17.9 Å². The summed E-state index contributed by atoms with van der Waals surface area (Å²) in [5.41, 5.74) is 0.478. The molecule has 13 heavy (non-hydrogen) atoms. The molecule has 0 saturated heterocycles. The minimum absolute atomic E-state index is 0.0599. The number of aromatic carboxylic acids is 1. The second-order valence-corrected chi connectivity index (χ2v) is 2.13. The van der Waals surface area contributed by atoms with Crippen molar-refractivity contribution in [2.45, 2.75) is 0 Å². The third-order valence-corrected chi connectivity index (χ3v) is 1.25. The van der Waals surface area contributed by atoms with Crippen molar-refractivity contribution in [2.24, 2.45) is 0 Å². The molecule has 4 nitrogen and oxygen atoms in total. The maximum absolute atomic E-state index is 10.5. The Morgan fingerprint density at radius 3 is 2.92 bits per heavy atom. The minimum atomic E-state index is -1.06. The van der Waals surface area contributed by atoms with Crippen LogP contribution in [0.1, 0.15) is 15.9 Å². The molecular weight excluding hydrogens is 168 g/mol. The average Bonchev–Trinajstić information content (AvgIpc) is 2.15. The van der Waals surface area contributed by atoms with Crippen LogP contribution in [0.5, 0.6) is 0 Å². The van der Waals surface area contributed by atoms with Crippen molar-refractivity contribution < 1.29 is 9.90 Å². The molecule has 1 aromatic heterocycles. The van der Waals surface area contributed by atoms with E-state index < -0.39 is 5.97 Å². The van der Waals surface area contributed by atoms with Crippen LogP contribution in [0, 0.1) is 23.2 Å². The fraction of sp³-hybridized carbons (Fsp3) is 0. The molecule has 62 valence electrons. The molecule has 0 aliphatic heterocycles. The van der Waals surface area contributed by atoms with Crippen LogP contribution in [0.15, 0.2) is 18.5 Å². The van der Waals surface area contributed by atoms with Crippen molar-refractivity contribution in [2.75, 3.05) is 0 Å². The molecule has 0 atom stereocenters. The molecular formula is C9H4N2O2. The number of aromatic nitrogens is 1. The lowest BCUT2D eigenvalue weighted by molar-refractivity contribution is 0.0696. The second-order valence-electron chi connectivity index (χ2n) is 2.13. The van der Waals surface area contributed by atoms with Crippen LogP contribution < -0.4 is 0 Å². The van der Waals surface area contributed by atoms with Gasteiger partial charge in [0.15, 0.2) is 6.07 Å². The summed E-state index contributed by atoms with van der Waals surface area (Å²) in [6.45, 7) is 0. The Hall–Kier alpha value is -2.33. The van der Waals surface area contributed by atoms with Gasteiger partial charge in [0.2, 0.25) is 0 Å². The highest BCUT2D eigenvalue weighted by atomic mass is 16.4. The monoisotopic (exact) mass is 172 g/mol. The largest absolute Gasteiger partial charge is 0.478 e. The van der Waals surface area contributed by atoms with Gasteiger partial charge in [0, 0.05) is 23.9 Å². The Balaban J connectivity index is 3.07. The summed E-state index contributed by atoms with van der Waals surface area (Å²) in [7, 11) is 0. The van der Waals surface area contributed by atoms with E-state index >= 15 is 0 Å². The van der Waals surface area contributed by atoms with Crippen LogP contribution in [-0.2, 0) is 0 Å². The first-order chi connectivity index (χ1) is 6.24. The van der Waals surface area contributed by atoms with Crippen LogP contribution in [0.2, 0.25) is 0 Å². The van der Waals surface area contributed by atoms with Gasteiger partial charge in [-0.05, 0) is 12.0 Å². The number of carbonyl (C=O) groups is 1.